The lowest BCUT2D eigenvalue weighted by molar-refractivity contribution is -0.116. The number of aryl methyl sites for hydroxylation is 1. The van der Waals surface area contributed by atoms with Crippen LogP contribution in [0.5, 0.6) is 0 Å². The number of carbonyl (C=O) groups excluding carboxylic acids is 1. The number of carbonyl (C=O) groups is 1. The number of para-hydroxylation sites is 2. The second-order valence-corrected chi connectivity index (χ2v) is 6.14. The second-order valence-electron chi connectivity index (χ2n) is 6.14. The predicted octanol–water partition coefficient (Wildman–Crippen LogP) is 3.65. The summed E-state index contributed by atoms with van der Waals surface area (Å²) in [7, 11) is 0. The second kappa shape index (κ2) is 6.80. The number of nitrogens with zero attached hydrogens (tertiary/aromatic N) is 1. The van der Waals surface area contributed by atoms with Crippen LogP contribution in [0.4, 0.5) is 5.69 Å². The average molecular weight is 343 g/mol. The van der Waals surface area contributed by atoms with E-state index < -0.39 is 0 Å². The first-order valence-corrected chi connectivity index (χ1v) is 8.45. The number of nitrogens with one attached hydrogen (secondary N) is 2. The molecule has 0 bridgehead atoms. The van der Waals surface area contributed by atoms with Crippen molar-refractivity contribution in [2.75, 3.05) is 5.32 Å². The summed E-state index contributed by atoms with van der Waals surface area (Å²) in [6, 6.07) is 18.9. The van der Waals surface area contributed by atoms with Gasteiger partial charge in [-0.25, -0.2) is 0 Å². The largest absolute Gasteiger partial charge is 0.324 e. The number of rotatable bonds is 4. The van der Waals surface area contributed by atoms with Gasteiger partial charge in [0.15, 0.2) is 0 Å². The van der Waals surface area contributed by atoms with Gasteiger partial charge in [-0.1, -0.05) is 36.4 Å². The molecule has 2 heterocycles. The van der Waals surface area contributed by atoms with E-state index >= 15 is 0 Å². The van der Waals surface area contributed by atoms with Crippen LogP contribution in [0.15, 0.2) is 71.7 Å². The van der Waals surface area contributed by atoms with E-state index in [1.54, 1.807) is 6.20 Å². The van der Waals surface area contributed by atoms with E-state index in [-0.39, 0.29) is 17.9 Å². The van der Waals surface area contributed by atoms with Crippen LogP contribution in [-0.2, 0) is 11.2 Å². The molecule has 0 spiro atoms. The van der Waals surface area contributed by atoms with Crippen molar-refractivity contribution in [2.45, 2.75) is 12.8 Å². The lowest BCUT2D eigenvalue weighted by atomic mass is 10.1. The molecule has 26 heavy (non-hydrogen) atoms. The Morgan fingerprint density at radius 2 is 1.81 bits per heavy atom. The van der Waals surface area contributed by atoms with Gasteiger partial charge in [0, 0.05) is 29.1 Å². The van der Waals surface area contributed by atoms with E-state index in [1.165, 1.54) is 0 Å². The number of H-pyrrole nitrogens is 1. The van der Waals surface area contributed by atoms with E-state index in [0.29, 0.717) is 17.7 Å². The van der Waals surface area contributed by atoms with Gasteiger partial charge in [0.2, 0.25) is 5.91 Å². The Labute approximate surface area is 149 Å². The molecule has 0 aliphatic rings. The Kier molecular flexibility index (Phi) is 4.19. The fourth-order valence-corrected chi connectivity index (χ4v) is 3.04. The summed E-state index contributed by atoms with van der Waals surface area (Å²) >= 11 is 0. The van der Waals surface area contributed by atoms with Crippen molar-refractivity contribution in [3.05, 3.63) is 82.8 Å². The maximum absolute atomic E-state index is 12.4. The Hall–Kier alpha value is -3.47. The van der Waals surface area contributed by atoms with Gasteiger partial charge in [0.05, 0.1) is 11.2 Å². The third-order valence-electron chi connectivity index (χ3n) is 4.36. The molecule has 1 amide bonds. The molecule has 4 rings (SSSR count). The Morgan fingerprint density at radius 1 is 1.00 bits per heavy atom. The molecule has 0 saturated heterocycles. The van der Waals surface area contributed by atoms with Crippen LogP contribution in [0, 0.1) is 0 Å². The summed E-state index contributed by atoms with van der Waals surface area (Å²) < 4.78 is 0. The normalized spacial score (nSPS) is 10.9. The smallest absolute Gasteiger partial charge is 0.251 e. The highest BCUT2D eigenvalue weighted by Gasteiger charge is 2.09. The molecule has 0 radical (unpaired) electrons. The fraction of sp³-hybridized carbons (Fsp3) is 0.0952. The Bertz CT molecular complexity index is 1160. The summed E-state index contributed by atoms with van der Waals surface area (Å²) in [5.41, 5.74) is 2.69. The van der Waals surface area contributed by atoms with Crippen LogP contribution in [0.1, 0.15) is 12.0 Å². The predicted molar refractivity (Wildman–Crippen MR) is 103 cm³/mol. The molecule has 2 N–H and O–H groups in total. The summed E-state index contributed by atoms with van der Waals surface area (Å²) in [5.74, 6) is -0.143. The van der Waals surface area contributed by atoms with Crippen LogP contribution in [0.3, 0.4) is 0 Å². The van der Waals surface area contributed by atoms with Crippen molar-refractivity contribution in [1.29, 1.82) is 0 Å². The molecule has 128 valence electrons. The first kappa shape index (κ1) is 16.0. The number of aromatic amines is 1. The van der Waals surface area contributed by atoms with Gasteiger partial charge in [0.1, 0.15) is 0 Å². The maximum Gasteiger partial charge on any atom is 0.251 e. The molecule has 4 aromatic rings. The molecule has 0 aliphatic heterocycles. The number of hydrogen-bond donors (Lipinski definition) is 2. The molecule has 0 unspecified atom stereocenters. The van der Waals surface area contributed by atoms with E-state index in [0.717, 1.165) is 21.8 Å². The Balaban J connectivity index is 1.50. The average Bonchev–Trinajstić information content (AvgIpc) is 2.66. The first-order chi connectivity index (χ1) is 12.7. The molecular formula is C21H17N3O2. The third-order valence-corrected chi connectivity index (χ3v) is 4.36. The quantitative estimate of drug-likeness (QED) is 0.594. The van der Waals surface area contributed by atoms with Crippen LogP contribution in [0.2, 0.25) is 0 Å². The number of amides is 1. The topological polar surface area (TPSA) is 74.8 Å². The first-order valence-electron chi connectivity index (χ1n) is 8.45. The minimum atomic E-state index is -0.150. The molecule has 5 heteroatoms. The standard InChI is InChI=1S/C21H17N3O2/c25-19(23-18-9-3-6-14-7-4-12-22-20(14)18)11-10-16-13-15-5-1-2-8-17(15)24-21(16)26/h1-9,12-13H,10-11H2,(H,23,25)(H,24,26). The highest BCUT2D eigenvalue weighted by atomic mass is 16.1. The highest BCUT2D eigenvalue weighted by molar-refractivity contribution is 6.00. The van der Waals surface area contributed by atoms with Gasteiger partial charge in [-0.2, -0.15) is 0 Å². The van der Waals surface area contributed by atoms with Gasteiger partial charge in [-0.3, -0.25) is 14.6 Å². The van der Waals surface area contributed by atoms with Crippen molar-refractivity contribution in [3.63, 3.8) is 0 Å². The van der Waals surface area contributed by atoms with Crippen molar-refractivity contribution in [3.8, 4) is 0 Å². The summed E-state index contributed by atoms with van der Waals surface area (Å²) in [6.45, 7) is 0. The Morgan fingerprint density at radius 3 is 2.73 bits per heavy atom. The summed E-state index contributed by atoms with van der Waals surface area (Å²) in [6.07, 6.45) is 2.31. The third kappa shape index (κ3) is 3.19. The fourth-order valence-electron chi connectivity index (χ4n) is 3.04. The number of anilines is 1. The van der Waals surface area contributed by atoms with Crippen LogP contribution < -0.4 is 10.9 Å². The van der Waals surface area contributed by atoms with Crippen LogP contribution >= 0.6 is 0 Å². The zero-order valence-corrected chi connectivity index (χ0v) is 14.0. The molecule has 2 aromatic carbocycles. The number of benzene rings is 2. The van der Waals surface area contributed by atoms with Gasteiger partial charge in [-0.15, -0.1) is 0 Å². The number of aromatic nitrogens is 2. The molecule has 0 atom stereocenters. The summed E-state index contributed by atoms with van der Waals surface area (Å²) in [4.78, 5) is 31.7. The van der Waals surface area contributed by atoms with Crippen molar-refractivity contribution in [1.82, 2.24) is 9.97 Å². The van der Waals surface area contributed by atoms with Crippen LogP contribution in [-0.4, -0.2) is 15.9 Å². The van der Waals surface area contributed by atoms with E-state index in [2.05, 4.69) is 15.3 Å². The summed E-state index contributed by atoms with van der Waals surface area (Å²) in [5, 5.41) is 4.83. The van der Waals surface area contributed by atoms with E-state index in [4.69, 9.17) is 0 Å². The van der Waals surface area contributed by atoms with Crippen molar-refractivity contribution in [2.24, 2.45) is 0 Å². The molecule has 2 aromatic heterocycles. The minimum Gasteiger partial charge on any atom is -0.324 e. The van der Waals surface area contributed by atoms with Gasteiger partial charge < -0.3 is 10.3 Å². The van der Waals surface area contributed by atoms with Gasteiger partial charge in [0.25, 0.3) is 5.56 Å². The molecule has 0 saturated carbocycles. The molecule has 5 nitrogen and oxygen atoms in total. The molecular weight excluding hydrogens is 326 g/mol. The van der Waals surface area contributed by atoms with Gasteiger partial charge >= 0.3 is 0 Å². The van der Waals surface area contributed by atoms with E-state index in [9.17, 15) is 9.59 Å². The molecule has 0 fully saturated rings. The lowest BCUT2D eigenvalue weighted by Crippen LogP contribution is -2.17. The lowest BCUT2D eigenvalue weighted by Gasteiger charge is -2.08. The number of hydrogen-bond acceptors (Lipinski definition) is 3. The zero-order valence-electron chi connectivity index (χ0n) is 14.0. The number of fused-ring (bicyclic) bond motifs is 2. The van der Waals surface area contributed by atoms with Crippen LogP contribution in [0.25, 0.3) is 21.8 Å². The van der Waals surface area contributed by atoms with Crippen molar-refractivity contribution >= 4 is 33.4 Å². The zero-order chi connectivity index (χ0) is 17.9. The van der Waals surface area contributed by atoms with E-state index in [1.807, 2.05) is 60.7 Å². The molecule has 0 aliphatic carbocycles. The van der Waals surface area contributed by atoms with Crippen molar-refractivity contribution < 1.29 is 4.79 Å². The minimum absolute atomic E-state index is 0.143. The SMILES string of the molecule is O=C(CCc1cc2ccccc2[nH]c1=O)Nc1cccc2cccnc12. The highest BCUT2D eigenvalue weighted by Crippen LogP contribution is 2.21. The monoisotopic (exact) mass is 343 g/mol. The maximum atomic E-state index is 12.4. The number of pyridine rings is 2. The van der Waals surface area contributed by atoms with Gasteiger partial charge in [-0.05, 0) is 36.1 Å².